The van der Waals surface area contributed by atoms with Gasteiger partial charge in [0, 0.05) is 19.5 Å². The van der Waals surface area contributed by atoms with Gasteiger partial charge in [-0.15, -0.1) is 0 Å². The number of rotatable bonds is 4. The molecule has 0 N–H and O–H groups in total. The monoisotopic (exact) mass is 367 g/mol. The maximum atomic E-state index is 12.9. The number of nitrogens with zero attached hydrogens (tertiary/aromatic N) is 1. The summed E-state index contributed by atoms with van der Waals surface area (Å²) in [6.45, 7) is 4.17. The first-order chi connectivity index (χ1) is 13.0. The van der Waals surface area contributed by atoms with Crippen molar-refractivity contribution in [3.05, 3.63) is 59.2 Å². The van der Waals surface area contributed by atoms with Crippen LogP contribution in [0.5, 0.6) is 11.5 Å². The van der Waals surface area contributed by atoms with E-state index in [4.69, 9.17) is 9.47 Å². The van der Waals surface area contributed by atoms with Gasteiger partial charge in [0.1, 0.15) is 11.5 Å². The van der Waals surface area contributed by atoms with Crippen LogP contribution in [0.1, 0.15) is 30.5 Å². The van der Waals surface area contributed by atoms with Crippen molar-refractivity contribution in [1.29, 1.82) is 0 Å². The van der Waals surface area contributed by atoms with E-state index in [1.807, 2.05) is 23.1 Å². The maximum absolute atomic E-state index is 12.9. The summed E-state index contributed by atoms with van der Waals surface area (Å²) < 4.78 is 10.4. The Balaban J connectivity index is 1.67. The predicted molar refractivity (Wildman–Crippen MR) is 103 cm³/mol. The first kappa shape index (κ1) is 19.0. The largest absolute Gasteiger partial charge is 0.497 e. The van der Waals surface area contributed by atoms with E-state index >= 15 is 0 Å². The molecular formula is C22H25NO4. The summed E-state index contributed by atoms with van der Waals surface area (Å²) in [5.74, 6) is 1.11. The predicted octanol–water partition coefficient (Wildman–Crippen LogP) is 3.18. The smallest absolute Gasteiger partial charge is 0.308 e. The van der Waals surface area contributed by atoms with Crippen LogP contribution in [0.3, 0.4) is 0 Å². The zero-order valence-corrected chi connectivity index (χ0v) is 16.0. The van der Waals surface area contributed by atoms with E-state index < -0.39 is 0 Å². The third kappa shape index (κ3) is 4.67. The third-order valence-corrected chi connectivity index (χ3v) is 4.94. The molecule has 0 fully saturated rings. The van der Waals surface area contributed by atoms with Crippen molar-refractivity contribution in [2.45, 2.75) is 39.2 Å². The molecule has 5 heteroatoms. The minimum atomic E-state index is -0.353. The number of esters is 1. The van der Waals surface area contributed by atoms with E-state index in [1.165, 1.54) is 18.1 Å². The third-order valence-electron chi connectivity index (χ3n) is 4.94. The number of amides is 1. The van der Waals surface area contributed by atoms with Crippen LogP contribution in [-0.4, -0.2) is 36.5 Å². The molecule has 142 valence electrons. The molecule has 1 aliphatic heterocycles. The van der Waals surface area contributed by atoms with Crippen molar-refractivity contribution >= 4 is 11.9 Å². The fourth-order valence-corrected chi connectivity index (χ4v) is 3.54. The Labute approximate surface area is 159 Å². The molecule has 1 heterocycles. The van der Waals surface area contributed by atoms with Gasteiger partial charge in [-0.25, -0.2) is 0 Å². The number of fused-ring (bicyclic) bond motifs is 1. The van der Waals surface area contributed by atoms with E-state index in [1.54, 1.807) is 19.2 Å². The van der Waals surface area contributed by atoms with Gasteiger partial charge in [-0.1, -0.05) is 18.2 Å². The van der Waals surface area contributed by atoms with Crippen molar-refractivity contribution < 1.29 is 19.1 Å². The number of hydrogen-bond acceptors (Lipinski definition) is 4. The highest BCUT2D eigenvalue weighted by Gasteiger charge is 2.24. The van der Waals surface area contributed by atoms with Gasteiger partial charge >= 0.3 is 5.97 Å². The molecule has 0 saturated carbocycles. The summed E-state index contributed by atoms with van der Waals surface area (Å²) in [4.78, 5) is 25.8. The number of methoxy groups -OCH3 is 1. The molecule has 1 amide bonds. The van der Waals surface area contributed by atoms with Crippen LogP contribution in [0.25, 0.3) is 0 Å². The maximum Gasteiger partial charge on any atom is 0.308 e. The highest BCUT2D eigenvalue weighted by molar-refractivity contribution is 5.79. The van der Waals surface area contributed by atoms with Crippen LogP contribution >= 0.6 is 0 Å². The van der Waals surface area contributed by atoms with Gasteiger partial charge in [-0.2, -0.15) is 0 Å². The molecule has 1 unspecified atom stereocenters. The molecule has 2 aromatic carbocycles. The Morgan fingerprint density at radius 3 is 2.44 bits per heavy atom. The highest BCUT2D eigenvalue weighted by atomic mass is 16.5. The minimum absolute atomic E-state index is 0.113. The van der Waals surface area contributed by atoms with Gasteiger partial charge in [0.15, 0.2) is 0 Å². The molecule has 0 aromatic heterocycles. The molecular weight excluding hydrogens is 342 g/mol. The summed E-state index contributed by atoms with van der Waals surface area (Å²) in [6.07, 6.45) is 2.01. The number of hydrogen-bond donors (Lipinski definition) is 0. The van der Waals surface area contributed by atoms with Gasteiger partial charge in [-0.3, -0.25) is 9.59 Å². The van der Waals surface area contributed by atoms with Crippen molar-refractivity contribution in [2.24, 2.45) is 0 Å². The number of carbonyl (C=O) groups is 2. The topological polar surface area (TPSA) is 55.8 Å². The van der Waals surface area contributed by atoms with Gasteiger partial charge in [0.2, 0.25) is 5.91 Å². The summed E-state index contributed by atoms with van der Waals surface area (Å²) in [7, 11) is 1.67. The Kier molecular flexibility index (Phi) is 5.79. The minimum Gasteiger partial charge on any atom is -0.497 e. The number of carbonyl (C=O) groups excluding carboxylic acids is 2. The summed E-state index contributed by atoms with van der Waals surface area (Å²) in [5, 5.41) is 0. The lowest BCUT2D eigenvalue weighted by molar-refractivity contribution is -0.133. The molecule has 27 heavy (non-hydrogen) atoms. The molecule has 1 atom stereocenters. The quantitative estimate of drug-likeness (QED) is 0.615. The molecule has 0 saturated heterocycles. The van der Waals surface area contributed by atoms with Crippen LogP contribution in [0.2, 0.25) is 0 Å². The van der Waals surface area contributed by atoms with Crippen molar-refractivity contribution in [3.63, 3.8) is 0 Å². The van der Waals surface area contributed by atoms with Crippen LogP contribution in [0.15, 0.2) is 42.5 Å². The Morgan fingerprint density at radius 2 is 1.78 bits per heavy atom. The van der Waals surface area contributed by atoms with Gasteiger partial charge < -0.3 is 14.4 Å². The Bertz CT molecular complexity index is 829. The van der Waals surface area contributed by atoms with Crippen LogP contribution in [-0.2, 0) is 28.9 Å². The highest BCUT2D eigenvalue weighted by Crippen LogP contribution is 2.25. The van der Waals surface area contributed by atoms with Crippen LogP contribution in [0, 0.1) is 0 Å². The zero-order chi connectivity index (χ0) is 19.4. The summed E-state index contributed by atoms with van der Waals surface area (Å²) >= 11 is 0. The normalized spacial score (nSPS) is 16.3. The first-order valence-electron chi connectivity index (χ1n) is 9.19. The molecule has 1 aliphatic rings. The van der Waals surface area contributed by atoms with Crippen molar-refractivity contribution in [3.8, 4) is 11.5 Å². The Hall–Kier alpha value is -2.82. The SMILES string of the molecule is COc1ccc2c(c1)CC(C)N(C(=O)Cc1ccc(OC(C)=O)cc1)CC2. The second kappa shape index (κ2) is 8.25. The molecule has 2 aromatic rings. The number of benzene rings is 2. The lowest BCUT2D eigenvalue weighted by Crippen LogP contribution is -2.40. The fourth-order valence-electron chi connectivity index (χ4n) is 3.54. The molecule has 0 spiro atoms. The fraction of sp³-hybridized carbons (Fsp3) is 0.364. The lowest BCUT2D eigenvalue weighted by Gasteiger charge is -2.27. The number of ether oxygens (including phenoxy) is 2. The lowest BCUT2D eigenvalue weighted by atomic mass is 10.0. The van der Waals surface area contributed by atoms with Gasteiger partial charge in [0.25, 0.3) is 0 Å². The average molecular weight is 367 g/mol. The van der Waals surface area contributed by atoms with E-state index in [0.717, 1.165) is 24.2 Å². The van der Waals surface area contributed by atoms with E-state index in [2.05, 4.69) is 19.1 Å². The summed E-state index contributed by atoms with van der Waals surface area (Å²) in [5.41, 5.74) is 3.44. The molecule has 3 rings (SSSR count). The zero-order valence-electron chi connectivity index (χ0n) is 16.0. The van der Waals surface area contributed by atoms with E-state index in [-0.39, 0.29) is 17.9 Å². The second-order valence-electron chi connectivity index (χ2n) is 6.94. The van der Waals surface area contributed by atoms with Crippen LogP contribution < -0.4 is 9.47 Å². The molecule has 0 bridgehead atoms. The van der Waals surface area contributed by atoms with Gasteiger partial charge in [0.05, 0.1) is 13.5 Å². The van der Waals surface area contributed by atoms with Gasteiger partial charge in [-0.05, 0) is 60.7 Å². The van der Waals surface area contributed by atoms with Crippen molar-refractivity contribution in [2.75, 3.05) is 13.7 Å². The average Bonchev–Trinajstić information content (AvgIpc) is 2.80. The van der Waals surface area contributed by atoms with Crippen LogP contribution in [0.4, 0.5) is 0 Å². The molecule has 0 aliphatic carbocycles. The molecule has 0 radical (unpaired) electrons. The van der Waals surface area contributed by atoms with Crippen molar-refractivity contribution in [1.82, 2.24) is 4.90 Å². The standard InChI is InChI=1S/C22H25NO4/c1-15-12-19-14-21(26-3)9-6-18(19)10-11-23(15)22(25)13-17-4-7-20(8-5-17)27-16(2)24/h4-9,14-15H,10-13H2,1-3H3. The van der Waals surface area contributed by atoms with E-state index in [0.29, 0.717) is 18.7 Å². The summed E-state index contributed by atoms with van der Waals surface area (Å²) in [6, 6.07) is 13.4. The van der Waals surface area contributed by atoms with E-state index in [9.17, 15) is 9.59 Å². The Morgan fingerprint density at radius 1 is 1.07 bits per heavy atom. The first-order valence-corrected chi connectivity index (χ1v) is 9.19. The second-order valence-corrected chi connectivity index (χ2v) is 6.94. The molecule has 5 nitrogen and oxygen atoms in total.